The fourth-order valence-corrected chi connectivity index (χ4v) is 3.20. The Balaban J connectivity index is 1.81. The molecule has 0 aliphatic heterocycles. The van der Waals surface area contributed by atoms with E-state index in [2.05, 4.69) is 5.32 Å². The average Bonchev–Trinajstić information content (AvgIpc) is 2.41. The summed E-state index contributed by atoms with van der Waals surface area (Å²) in [5.41, 5.74) is 2.92. The van der Waals surface area contributed by atoms with Crippen LogP contribution in [0.3, 0.4) is 0 Å². The first-order valence-electron chi connectivity index (χ1n) is 6.43. The Morgan fingerprint density at radius 3 is 2.71 bits per heavy atom. The third-order valence-corrected chi connectivity index (χ3v) is 4.38. The van der Waals surface area contributed by atoms with Gasteiger partial charge >= 0.3 is 0 Å². The van der Waals surface area contributed by atoms with E-state index in [1.54, 1.807) is 12.1 Å². The predicted molar refractivity (Wildman–Crippen MR) is 92.4 cm³/mol. The third kappa shape index (κ3) is 5.27. The molecule has 2 nitrogen and oxygen atoms in total. The highest BCUT2D eigenvalue weighted by atomic mass is 35.5. The second kappa shape index (κ2) is 7.74. The van der Waals surface area contributed by atoms with E-state index in [0.717, 1.165) is 16.8 Å². The van der Waals surface area contributed by atoms with Crippen molar-refractivity contribution in [3.05, 3.63) is 63.6 Å². The molecule has 0 saturated heterocycles. The van der Waals surface area contributed by atoms with Gasteiger partial charge in [0, 0.05) is 21.5 Å². The number of amides is 1. The van der Waals surface area contributed by atoms with Gasteiger partial charge in [-0.05, 0) is 42.3 Å². The van der Waals surface area contributed by atoms with E-state index in [1.165, 1.54) is 11.8 Å². The summed E-state index contributed by atoms with van der Waals surface area (Å²) >= 11 is 13.5. The van der Waals surface area contributed by atoms with Crippen molar-refractivity contribution in [2.75, 3.05) is 11.1 Å². The standard InChI is InChI=1S/C16H15Cl2NOS/c1-11-3-2-4-14(7-11)19-16(20)10-21-9-12-5-6-13(17)8-15(12)18/h2-8H,9-10H2,1H3,(H,19,20). The summed E-state index contributed by atoms with van der Waals surface area (Å²) < 4.78 is 0. The first-order chi connectivity index (χ1) is 10.0. The lowest BCUT2D eigenvalue weighted by atomic mass is 10.2. The Morgan fingerprint density at radius 1 is 1.19 bits per heavy atom. The molecule has 0 aliphatic carbocycles. The number of hydrogen-bond donors (Lipinski definition) is 1. The number of rotatable bonds is 5. The number of carbonyl (C=O) groups is 1. The van der Waals surface area contributed by atoms with Crippen LogP contribution < -0.4 is 5.32 Å². The lowest BCUT2D eigenvalue weighted by Crippen LogP contribution is -2.14. The second-order valence-electron chi connectivity index (χ2n) is 4.65. The number of benzene rings is 2. The fraction of sp³-hybridized carbons (Fsp3) is 0.188. The second-order valence-corrected chi connectivity index (χ2v) is 6.48. The molecule has 0 atom stereocenters. The van der Waals surface area contributed by atoms with Crippen molar-refractivity contribution in [3.8, 4) is 0 Å². The maximum Gasteiger partial charge on any atom is 0.234 e. The highest BCUT2D eigenvalue weighted by Gasteiger charge is 2.05. The van der Waals surface area contributed by atoms with Crippen molar-refractivity contribution in [2.45, 2.75) is 12.7 Å². The van der Waals surface area contributed by atoms with Gasteiger partial charge in [0.2, 0.25) is 5.91 Å². The van der Waals surface area contributed by atoms with Crippen molar-refractivity contribution in [1.82, 2.24) is 0 Å². The van der Waals surface area contributed by atoms with Gasteiger partial charge in [-0.1, -0.05) is 41.4 Å². The smallest absolute Gasteiger partial charge is 0.234 e. The lowest BCUT2D eigenvalue weighted by Gasteiger charge is -2.07. The van der Waals surface area contributed by atoms with Gasteiger partial charge in [-0.2, -0.15) is 0 Å². The van der Waals surface area contributed by atoms with E-state index in [-0.39, 0.29) is 5.91 Å². The van der Waals surface area contributed by atoms with E-state index in [9.17, 15) is 4.79 Å². The Morgan fingerprint density at radius 2 is 2.00 bits per heavy atom. The number of thioether (sulfide) groups is 1. The van der Waals surface area contributed by atoms with E-state index >= 15 is 0 Å². The van der Waals surface area contributed by atoms with Gasteiger partial charge in [0.05, 0.1) is 5.75 Å². The van der Waals surface area contributed by atoms with Gasteiger partial charge in [-0.25, -0.2) is 0 Å². The topological polar surface area (TPSA) is 29.1 Å². The Labute approximate surface area is 138 Å². The Bertz CT molecular complexity index is 646. The van der Waals surface area contributed by atoms with E-state index in [1.807, 2.05) is 37.3 Å². The lowest BCUT2D eigenvalue weighted by molar-refractivity contribution is -0.113. The van der Waals surface area contributed by atoms with Crippen LogP contribution in [0.4, 0.5) is 5.69 Å². The zero-order valence-corrected chi connectivity index (χ0v) is 13.9. The normalized spacial score (nSPS) is 10.4. The van der Waals surface area contributed by atoms with Gasteiger partial charge in [-0.15, -0.1) is 11.8 Å². The van der Waals surface area contributed by atoms with Crippen molar-refractivity contribution in [1.29, 1.82) is 0 Å². The molecule has 0 bridgehead atoms. The molecule has 1 N–H and O–H groups in total. The van der Waals surface area contributed by atoms with E-state index in [4.69, 9.17) is 23.2 Å². The number of anilines is 1. The van der Waals surface area contributed by atoms with Crippen LogP contribution >= 0.6 is 35.0 Å². The highest BCUT2D eigenvalue weighted by Crippen LogP contribution is 2.24. The molecule has 0 unspecified atom stereocenters. The summed E-state index contributed by atoms with van der Waals surface area (Å²) in [5, 5.41) is 4.13. The molecule has 2 aromatic carbocycles. The van der Waals surface area contributed by atoms with Crippen LogP contribution in [0, 0.1) is 6.92 Å². The molecule has 5 heteroatoms. The van der Waals surface area contributed by atoms with E-state index in [0.29, 0.717) is 21.6 Å². The van der Waals surface area contributed by atoms with Crippen LogP contribution in [-0.2, 0) is 10.5 Å². The highest BCUT2D eigenvalue weighted by molar-refractivity contribution is 7.99. The van der Waals surface area contributed by atoms with Crippen LogP contribution in [0.15, 0.2) is 42.5 Å². The van der Waals surface area contributed by atoms with Gasteiger partial charge < -0.3 is 5.32 Å². The quantitative estimate of drug-likeness (QED) is 0.813. The largest absolute Gasteiger partial charge is 0.325 e. The molecule has 0 fully saturated rings. The number of halogens is 2. The fourth-order valence-electron chi connectivity index (χ4n) is 1.81. The summed E-state index contributed by atoms with van der Waals surface area (Å²) in [7, 11) is 0. The van der Waals surface area contributed by atoms with Gasteiger partial charge in [-0.3, -0.25) is 4.79 Å². The van der Waals surface area contributed by atoms with Crippen LogP contribution in [0.1, 0.15) is 11.1 Å². The van der Waals surface area contributed by atoms with Crippen LogP contribution in [-0.4, -0.2) is 11.7 Å². The summed E-state index contributed by atoms with van der Waals surface area (Å²) in [6.45, 7) is 1.99. The van der Waals surface area contributed by atoms with Crippen molar-refractivity contribution >= 4 is 46.6 Å². The molecule has 2 rings (SSSR count). The van der Waals surface area contributed by atoms with Gasteiger partial charge in [0.25, 0.3) is 0 Å². The van der Waals surface area contributed by atoms with Gasteiger partial charge in [0.1, 0.15) is 0 Å². The van der Waals surface area contributed by atoms with E-state index < -0.39 is 0 Å². The summed E-state index contributed by atoms with van der Waals surface area (Å²) in [6, 6.07) is 13.1. The minimum Gasteiger partial charge on any atom is -0.325 e. The summed E-state index contributed by atoms with van der Waals surface area (Å²) in [4.78, 5) is 11.9. The Hall–Kier alpha value is -1.16. The van der Waals surface area contributed by atoms with Crippen LogP contribution in [0.2, 0.25) is 10.0 Å². The minimum absolute atomic E-state index is 0.0179. The molecule has 0 radical (unpaired) electrons. The first-order valence-corrected chi connectivity index (χ1v) is 8.34. The van der Waals surface area contributed by atoms with Crippen LogP contribution in [0.25, 0.3) is 0 Å². The molecule has 0 aromatic heterocycles. The molecule has 0 saturated carbocycles. The van der Waals surface area contributed by atoms with Crippen molar-refractivity contribution in [2.24, 2.45) is 0 Å². The number of carbonyl (C=O) groups excluding carboxylic acids is 1. The molecule has 21 heavy (non-hydrogen) atoms. The molecular weight excluding hydrogens is 325 g/mol. The number of aryl methyl sites for hydroxylation is 1. The third-order valence-electron chi connectivity index (χ3n) is 2.81. The SMILES string of the molecule is Cc1cccc(NC(=O)CSCc2ccc(Cl)cc2Cl)c1. The summed E-state index contributed by atoms with van der Waals surface area (Å²) in [6.07, 6.45) is 0. The summed E-state index contributed by atoms with van der Waals surface area (Å²) in [5.74, 6) is 1.04. The molecule has 0 heterocycles. The molecule has 0 spiro atoms. The van der Waals surface area contributed by atoms with Crippen LogP contribution in [0.5, 0.6) is 0 Å². The zero-order chi connectivity index (χ0) is 15.2. The zero-order valence-electron chi connectivity index (χ0n) is 11.5. The van der Waals surface area contributed by atoms with Crippen molar-refractivity contribution < 1.29 is 4.79 Å². The maximum absolute atomic E-state index is 11.9. The molecular formula is C16H15Cl2NOS. The number of nitrogens with one attached hydrogen (secondary N) is 1. The number of hydrogen-bond acceptors (Lipinski definition) is 2. The maximum atomic E-state index is 11.9. The molecule has 0 aliphatic rings. The molecule has 2 aromatic rings. The molecule has 110 valence electrons. The Kier molecular flexibility index (Phi) is 5.97. The van der Waals surface area contributed by atoms with Crippen molar-refractivity contribution in [3.63, 3.8) is 0 Å². The minimum atomic E-state index is -0.0179. The monoisotopic (exact) mass is 339 g/mol. The first kappa shape index (κ1) is 16.2. The average molecular weight is 340 g/mol. The predicted octanol–water partition coefficient (Wildman–Crippen LogP) is 5.17. The molecule has 1 amide bonds. The van der Waals surface area contributed by atoms with Gasteiger partial charge in [0.15, 0.2) is 0 Å².